The molecule has 2 amide bonds. The topological polar surface area (TPSA) is 142 Å². The highest BCUT2D eigenvalue weighted by atomic mass is 19.1. The molecule has 5 N–H and O–H groups in total. The average Bonchev–Trinajstić information content (AvgIpc) is 3.24. The number of Topliss-reactive ketones (excluding diaryl/α,β-unsaturated/α-hetero) is 1. The minimum Gasteiger partial charge on any atom is -0.505 e. The number of fused-ring (bicyclic) bond motifs is 1. The first kappa shape index (κ1) is 29.4. The van der Waals surface area contributed by atoms with E-state index in [9.17, 15) is 23.9 Å². The number of ether oxygens (including phenoxy) is 1. The van der Waals surface area contributed by atoms with Gasteiger partial charge in [-0.1, -0.05) is 24.3 Å². The van der Waals surface area contributed by atoms with Crippen LogP contribution in [0, 0.1) is 5.82 Å². The van der Waals surface area contributed by atoms with Crippen LogP contribution in [-0.4, -0.2) is 56.1 Å². The molecule has 224 valence electrons. The molecule has 0 spiro atoms. The molecular weight excluding hydrogens is 555 g/mol. The fraction of sp³-hybridized carbons (Fsp3) is 0.258. The van der Waals surface area contributed by atoms with E-state index in [4.69, 9.17) is 10.6 Å². The van der Waals surface area contributed by atoms with E-state index >= 15 is 0 Å². The van der Waals surface area contributed by atoms with Crippen LogP contribution < -0.4 is 16.5 Å². The van der Waals surface area contributed by atoms with Crippen molar-refractivity contribution < 1.29 is 28.6 Å². The summed E-state index contributed by atoms with van der Waals surface area (Å²) >= 11 is 0. The highest BCUT2D eigenvalue weighted by molar-refractivity contribution is 6.09. The third-order valence-corrected chi connectivity index (χ3v) is 7.01. The molecule has 0 atom stereocenters. The second-order valence-corrected chi connectivity index (χ2v) is 11.3. The van der Waals surface area contributed by atoms with Crippen LogP contribution in [0.25, 0.3) is 5.57 Å². The molecule has 0 saturated heterocycles. The van der Waals surface area contributed by atoms with E-state index in [1.807, 2.05) is 41.0 Å². The predicted octanol–water partition coefficient (Wildman–Crippen LogP) is 4.39. The number of carbonyl (C=O) groups excluding carboxylic acids is 3. The number of dihydropyridines is 1. The van der Waals surface area contributed by atoms with Gasteiger partial charge in [0.25, 0.3) is 5.91 Å². The Kier molecular flexibility index (Phi) is 7.72. The summed E-state index contributed by atoms with van der Waals surface area (Å²) in [6.45, 7) is 5.60. The van der Waals surface area contributed by atoms with Crippen molar-refractivity contribution in [3.8, 4) is 5.75 Å². The molecule has 2 aliphatic heterocycles. The van der Waals surface area contributed by atoms with Crippen molar-refractivity contribution in [2.24, 2.45) is 12.9 Å². The Morgan fingerprint density at radius 2 is 1.86 bits per heavy atom. The number of carbonyl (C=O) groups is 3. The maximum absolute atomic E-state index is 13.6. The standard InChI is InChI=1S/C31H33FN6O5/c1-31(2,3)43-30(42)37-16-22-26(24(40)17-37)27(35-20-8-6-5-7-9-20)28(36(22)4)18-12-13-34-25(15-18)38(33)29(41)19-10-11-21(32)23(39)14-19/h5-12,14-15,34-35,39H,13,16-17,33H2,1-4H3. The predicted molar refractivity (Wildman–Crippen MR) is 159 cm³/mol. The lowest BCUT2D eigenvalue weighted by Gasteiger charge is -2.30. The molecule has 2 aromatic carbocycles. The molecule has 11 nitrogen and oxygen atoms in total. The van der Waals surface area contributed by atoms with Gasteiger partial charge in [-0.05, 0) is 57.2 Å². The van der Waals surface area contributed by atoms with E-state index in [2.05, 4.69) is 10.6 Å². The van der Waals surface area contributed by atoms with Crippen LogP contribution in [0.2, 0.25) is 0 Å². The fourth-order valence-corrected chi connectivity index (χ4v) is 5.03. The number of amides is 2. The summed E-state index contributed by atoms with van der Waals surface area (Å²) in [5.74, 6) is 3.99. The van der Waals surface area contributed by atoms with E-state index in [1.165, 1.54) is 11.0 Å². The SMILES string of the molecule is Cn1c2c(c(Nc3ccccc3)c1C1=CCNC(N(N)C(=O)c3ccc(F)c(O)c3)=C1)C(=O)CN(C(=O)OC(C)(C)C)C2. The number of aromatic hydroxyl groups is 1. The third-order valence-electron chi connectivity index (χ3n) is 7.01. The van der Waals surface area contributed by atoms with Crippen LogP contribution in [0.15, 0.2) is 66.5 Å². The first-order valence-electron chi connectivity index (χ1n) is 13.6. The van der Waals surface area contributed by atoms with Gasteiger partial charge >= 0.3 is 6.09 Å². The molecule has 0 bridgehead atoms. The number of nitrogens with one attached hydrogen (secondary N) is 2. The third kappa shape index (κ3) is 5.95. The molecule has 0 saturated carbocycles. The van der Waals surface area contributed by atoms with Crippen molar-refractivity contribution in [3.05, 3.63) is 94.8 Å². The molecule has 0 radical (unpaired) electrons. The Morgan fingerprint density at radius 3 is 2.53 bits per heavy atom. The van der Waals surface area contributed by atoms with Crippen LogP contribution in [0.4, 0.5) is 20.6 Å². The first-order chi connectivity index (χ1) is 20.3. The van der Waals surface area contributed by atoms with E-state index in [0.29, 0.717) is 34.8 Å². The molecule has 3 aromatic rings. The summed E-state index contributed by atoms with van der Waals surface area (Å²) in [6, 6.07) is 12.6. The average molecular weight is 589 g/mol. The van der Waals surface area contributed by atoms with Gasteiger partial charge in [-0.3, -0.25) is 14.5 Å². The van der Waals surface area contributed by atoms with E-state index in [-0.39, 0.29) is 30.3 Å². The number of hydrogen-bond acceptors (Lipinski definition) is 8. The summed E-state index contributed by atoms with van der Waals surface area (Å²) < 4.78 is 20.9. The van der Waals surface area contributed by atoms with Gasteiger partial charge in [-0.2, -0.15) is 0 Å². The van der Waals surface area contributed by atoms with Crippen molar-refractivity contribution in [3.63, 3.8) is 0 Å². The number of nitrogens with zero attached hydrogens (tertiary/aromatic N) is 3. The summed E-state index contributed by atoms with van der Waals surface area (Å²) in [6.07, 6.45) is 2.97. The number of anilines is 2. The molecule has 5 rings (SSSR count). The number of para-hydroxylation sites is 1. The van der Waals surface area contributed by atoms with Crippen molar-refractivity contribution in [2.75, 3.05) is 18.4 Å². The number of phenols is 1. The van der Waals surface area contributed by atoms with Gasteiger partial charge in [0.05, 0.1) is 35.7 Å². The number of allylic oxidation sites excluding steroid dienone is 2. The Balaban J connectivity index is 1.55. The second-order valence-electron chi connectivity index (χ2n) is 11.3. The molecule has 2 aliphatic rings. The highest BCUT2D eigenvalue weighted by Crippen LogP contribution is 2.39. The molecule has 12 heteroatoms. The number of hydrazine groups is 1. The van der Waals surface area contributed by atoms with Crippen LogP contribution in [0.3, 0.4) is 0 Å². The second kappa shape index (κ2) is 11.3. The minimum atomic E-state index is -0.855. The first-order valence-corrected chi connectivity index (χ1v) is 13.6. The van der Waals surface area contributed by atoms with Crippen LogP contribution >= 0.6 is 0 Å². The highest BCUT2D eigenvalue weighted by Gasteiger charge is 2.36. The summed E-state index contributed by atoms with van der Waals surface area (Å²) in [4.78, 5) is 41.0. The zero-order valence-corrected chi connectivity index (χ0v) is 24.3. The zero-order chi connectivity index (χ0) is 31.1. The van der Waals surface area contributed by atoms with Gasteiger partial charge in [-0.15, -0.1) is 0 Å². The van der Waals surface area contributed by atoms with Gasteiger partial charge in [0, 0.05) is 30.4 Å². The van der Waals surface area contributed by atoms with Gasteiger partial charge < -0.3 is 25.0 Å². The van der Waals surface area contributed by atoms with Crippen molar-refractivity contribution >= 4 is 34.7 Å². The number of phenolic OH excluding ortho intramolecular Hbond substituents is 1. The number of nitrogens with two attached hydrogens (primary N) is 1. The lowest BCUT2D eigenvalue weighted by molar-refractivity contribution is 0.0216. The van der Waals surface area contributed by atoms with E-state index in [0.717, 1.165) is 22.8 Å². The van der Waals surface area contributed by atoms with Crippen LogP contribution in [0.1, 0.15) is 52.9 Å². The van der Waals surface area contributed by atoms with Gasteiger partial charge in [0.1, 0.15) is 11.4 Å². The molecule has 0 aliphatic carbocycles. The monoisotopic (exact) mass is 588 g/mol. The smallest absolute Gasteiger partial charge is 0.411 e. The number of aromatic nitrogens is 1. The van der Waals surface area contributed by atoms with Crippen LogP contribution in [-0.2, 0) is 18.3 Å². The van der Waals surface area contributed by atoms with E-state index < -0.39 is 29.2 Å². The summed E-state index contributed by atoms with van der Waals surface area (Å²) in [5, 5.41) is 17.1. The Morgan fingerprint density at radius 1 is 1.14 bits per heavy atom. The van der Waals surface area contributed by atoms with Gasteiger partial charge in [-0.25, -0.2) is 20.0 Å². The normalized spacial score (nSPS) is 14.7. The van der Waals surface area contributed by atoms with Gasteiger partial charge in [0.2, 0.25) is 0 Å². The number of benzene rings is 2. The molecular formula is C31H33FN6O5. The van der Waals surface area contributed by atoms with Crippen molar-refractivity contribution in [1.29, 1.82) is 0 Å². The van der Waals surface area contributed by atoms with Crippen LogP contribution in [0.5, 0.6) is 5.75 Å². The Bertz CT molecular complexity index is 1670. The Hall–Kier alpha value is -5.10. The van der Waals surface area contributed by atoms with Crippen molar-refractivity contribution in [1.82, 2.24) is 19.8 Å². The number of rotatable bonds is 5. The fourth-order valence-electron chi connectivity index (χ4n) is 5.03. The number of hydrogen-bond donors (Lipinski definition) is 4. The van der Waals surface area contributed by atoms with Crippen molar-refractivity contribution in [2.45, 2.75) is 32.9 Å². The molecule has 1 aromatic heterocycles. The number of halogens is 1. The zero-order valence-electron chi connectivity index (χ0n) is 24.3. The molecule has 0 unspecified atom stereocenters. The number of ketones is 1. The maximum Gasteiger partial charge on any atom is 0.411 e. The quantitative estimate of drug-likeness (QED) is 0.195. The molecule has 0 fully saturated rings. The molecule has 43 heavy (non-hydrogen) atoms. The minimum absolute atomic E-state index is 0.00574. The summed E-state index contributed by atoms with van der Waals surface area (Å²) in [7, 11) is 1.80. The van der Waals surface area contributed by atoms with Gasteiger partial charge in [0.15, 0.2) is 17.3 Å². The lowest BCUT2D eigenvalue weighted by atomic mass is 10.0. The summed E-state index contributed by atoms with van der Waals surface area (Å²) in [5.41, 5.74) is 2.96. The maximum atomic E-state index is 13.6. The molecule has 3 heterocycles. The largest absolute Gasteiger partial charge is 0.505 e. The lowest BCUT2D eigenvalue weighted by Crippen LogP contribution is -2.43. The van der Waals surface area contributed by atoms with E-state index in [1.54, 1.807) is 33.9 Å². The Labute approximate surface area is 248 Å².